The number of phenols is 1. The fourth-order valence-corrected chi connectivity index (χ4v) is 3.30. The SMILES string of the molecule is C/C1=C\CCC2=C[C@@H](OC2=O)c2cc(ccc2O)OC(C)(C)[C@@H](O)CC1. The fraction of sp³-hybridized carbons (Fsp3) is 0.476. The Balaban J connectivity index is 1.98. The van der Waals surface area contributed by atoms with E-state index in [1.54, 1.807) is 18.2 Å². The van der Waals surface area contributed by atoms with Gasteiger partial charge in [0.1, 0.15) is 23.2 Å². The van der Waals surface area contributed by atoms with Crippen molar-refractivity contribution < 1.29 is 24.5 Å². The second-order valence-corrected chi connectivity index (χ2v) is 7.59. The molecule has 0 unspecified atom stereocenters. The van der Waals surface area contributed by atoms with E-state index in [1.807, 2.05) is 20.8 Å². The van der Waals surface area contributed by atoms with Crippen LogP contribution in [0.15, 0.2) is 41.5 Å². The van der Waals surface area contributed by atoms with E-state index in [4.69, 9.17) is 9.47 Å². The van der Waals surface area contributed by atoms with Crippen molar-refractivity contribution in [1.29, 1.82) is 0 Å². The summed E-state index contributed by atoms with van der Waals surface area (Å²) in [6.07, 6.45) is 5.30. The van der Waals surface area contributed by atoms with Crippen LogP contribution in [0.5, 0.6) is 11.5 Å². The number of benzene rings is 1. The molecule has 4 bridgehead atoms. The molecular formula is C21H26O5. The Morgan fingerprint density at radius 3 is 2.77 bits per heavy atom. The summed E-state index contributed by atoms with van der Waals surface area (Å²) in [6, 6.07) is 4.85. The van der Waals surface area contributed by atoms with Gasteiger partial charge in [0.2, 0.25) is 0 Å². The van der Waals surface area contributed by atoms with Crippen molar-refractivity contribution in [3.05, 3.63) is 47.1 Å². The second kappa shape index (κ2) is 7.16. The molecule has 0 fully saturated rings. The maximum Gasteiger partial charge on any atom is 0.334 e. The van der Waals surface area contributed by atoms with Gasteiger partial charge in [0, 0.05) is 11.1 Å². The molecule has 26 heavy (non-hydrogen) atoms. The number of carbonyl (C=O) groups excluding carboxylic acids is 1. The van der Waals surface area contributed by atoms with Crippen LogP contribution >= 0.6 is 0 Å². The van der Waals surface area contributed by atoms with E-state index < -0.39 is 17.8 Å². The van der Waals surface area contributed by atoms with Crippen LogP contribution in [0.2, 0.25) is 0 Å². The zero-order chi connectivity index (χ0) is 18.9. The van der Waals surface area contributed by atoms with Gasteiger partial charge in [-0.2, -0.15) is 0 Å². The standard InChI is InChI=1S/C21H26O5/c1-13-5-4-6-14-11-18(25-20(14)24)16-12-15(8-9-17(16)22)26-21(2,3)19(23)10-7-13/h5,8-9,11-12,18-19,22-23H,4,6-7,10H2,1-3H3/b13-5+/t18-,19+/m1/s1. The predicted molar refractivity (Wildman–Crippen MR) is 98.0 cm³/mol. The van der Waals surface area contributed by atoms with Crippen LogP contribution in [-0.2, 0) is 9.53 Å². The molecule has 0 radical (unpaired) electrons. The smallest absolute Gasteiger partial charge is 0.334 e. The normalized spacial score (nSPS) is 27.9. The van der Waals surface area contributed by atoms with Crippen LogP contribution in [0.3, 0.4) is 0 Å². The van der Waals surface area contributed by atoms with Crippen LogP contribution in [0.25, 0.3) is 0 Å². The van der Waals surface area contributed by atoms with E-state index in [9.17, 15) is 15.0 Å². The summed E-state index contributed by atoms with van der Waals surface area (Å²) in [5.74, 6) is 0.225. The Morgan fingerprint density at radius 2 is 2.00 bits per heavy atom. The molecule has 2 aliphatic heterocycles. The number of phenolic OH excluding ortho intramolecular Hbond substituents is 1. The van der Waals surface area contributed by atoms with Crippen molar-refractivity contribution in [3.8, 4) is 11.5 Å². The molecule has 140 valence electrons. The molecule has 0 saturated carbocycles. The van der Waals surface area contributed by atoms with Gasteiger partial charge in [-0.25, -0.2) is 4.79 Å². The van der Waals surface area contributed by atoms with Gasteiger partial charge in [-0.15, -0.1) is 0 Å². The van der Waals surface area contributed by atoms with Gasteiger partial charge in [-0.1, -0.05) is 11.6 Å². The van der Waals surface area contributed by atoms with Crippen LogP contribution in [0.4, 0.5) is 0 Å². The van der Waals surface area contributed by atoms with Crippen LogP contribution in [-0.4, -0.2) is 27.9 Å². The summed E-state index contributed by atoms with van der Waals surface area (Å²) in [6.45, 7) is 5.72. The number of rotatable bonds is 0. The van der Waals surface area contributed by atoms with Gasteiger partial charge in [0.05, 0.1) is 6.10 Å². The van der Waals surface area contributed by atoms with Gasteiger partial charge >= 0.3 is 5.97 Å². The van der Waals surface area contributed by atoms with Crippen molar-refractivity contribution in [3.63, 3.8) is 0 Å². The quantitative estimate of drug-likeness (QED) is 0.542. The number of esters is 1. The van der Waals surface area contributed by atoms with Crippen molar-refractivity contribution in [2.45, 2.75) is 64.3 Å². The molecule has 2 aliphatic rings. The molecule has 1 aromatic rings. The number of hydrogen-bond donors (Lipinski definition) is 2. The molecule has 0 aromatic heterocycles. The molecule has 2 N–H and O–H groups in total. The molecule has 0 spiro atoms. The van der Waals surface area contributed by atoms with Crippen molar-refractivity contribution in [2.24, 2.45) is 0 Å². The van der Waals surface area contributed by atoms with Gasteiger partial charge in [-0.3, -0.25) is 0 Å². The average molecular weight is 358 g/mol. The van der Waals surface area contributed by atoms with Gasteiger partial charge in [0.15, 0.2) is 0 Å². The van der Waals surface area contributed by atoms with E-state index in [1.165, 1.54) is 11.6 Å². The Hall–Kier alpha value is -2.27. The number of allylic oxidation sites excluding steroid dienone is 2. The van der Waals surface area contributed by atoms with E-state index in [0.717, 1.165) is 12.8 Å². The molecule has 2 atom stereocenters. The molecule has 0 amide bonds. The zero-order valence-electron chi connectivity index (χ0n) is 15.5. The molecule has 0 aliphatic carbocycles. The summed E-state index contributed by atoms with van der Waals surface area (Å²) in [7, 11) is 0. The minimum absolute atomic E-state index is 0.0473. The average Bonchev–Trinajstić information content (AvgIpc) is 2.94. The van der Waals surface area contributed by atoms with Gasteiger partial charge < -0.3 is 19.7 Å². The first-order valence-corrected chi connectivity index (χ1v) is 9.03. The second-order valence-electron chi connectivity index (χ2n) is 7.59. The molecule has 0 saturated heterocycles. The number of fused-ring (bicyclic) bond motifs is 4. The summed E-state index contributed by atoms with van der Waals surface area (Å²) in [5.41, 5.74) is 1.50. The third-order valence-corrected chi connectivity index (χ3v) is 5.06. The van der Waals surface area contributed by atoms with E-state index in [0.29, 0.717) is 29.7 Å². The summed E-state index contributed by atoms with van der Waals surface area (Å²) < 4.78 is 11.4. The maximum absolute atomic E-state index is 12.1. The highest BCUT2D eigenvalue weighted by Gasteiger charge is 2.32. The molecule has 1 aromatic carbocycles. The minimum atomic E-state index is -0.790. The summed E-state index contributed by atoms with van der Waals surface area (Å²) >= 11 is 0. The van der Waals surface area contributed by atoms with E-state index in [-0.39, 0.29) is 11.7 Å². The first kappa shape index (κ1) is 18.5. The number of aliphatic hydroxyl groups is 1. The zero-order valence-corrected chi connectivity index (χ0v) is 15.5. The van der Waals surface area contributed by atoms with Crippen molar-refractivity contribution in [1.82, 2.24) is 0 Å². The molecule has 5 nitrogen and oxygen atoms in total. The Labute approximate surface area is 153 Å². The first-order valence-electron chi connectivity index (χ1n) is 9.03. The Morgan fingerprint density at radius 1 is 1.23 bits per heavy atom. The highest BCUT2D eigenvalue weighted by molar-refractivity contribution is 5.91. The van der Waals surface area contributed by atoms with Crippen LogP contribution < -0.4 is 4.74 Å². The lowest BCUT2D eigenvalue weighted by Gasteiger charge is -2.32. The number of ether oxygens (including phenoxy) is 2. The number of carbonyl (C=O) groups is 1. The fourth-order valence-electron chi connectivity index (χ4n) is 3.30. The number of aliphatic hydroxyl groups excluding tert-OH is 1. The van der Waals surface area contributed by atoms with Crippen LogP contribution in [0, 0.1) is 0 Å². The lowest BCUT2D eigenvalue weighted by Crippen LogP contribution is -2.42. The van der Waals surface area contributed by atoms with Gasteiger partial charge in [-0.05, 0) is 70.7 Å². The third-order valence-electron chi connectivity index (χ3n) is 5.06. The first-order chi connectivity index (χ1) is 12.3. The monoisotopic (exact) mass is 358 g/mol. The highest BCUT2D eigenvalue weighted by atomic mass is 16.5. The van der Waals surface area contributed by atoms with Gasteiger partial charge in [0.25, 0.3) is 0 Å². The highest BCUT2D eigenvalue weighted by Crippen LogP contribution is 2.38. The summed E-state index contributed by atoms with van der Waals surface area (Å²) in [5, 5.41) is 20.8. The number of hydrogen-bond acceptors (Lipinski definition) is 5. The molecule has 2 heterocycles. The van der Waals surface area contributed by atoms with Crippen molar-refractivity contribution >= 4 is 5.97 Å². The van der Waals surface area contributed by atoms with E-state index in [2.05, 4.69) is 6.08 Å². The Bertz CT molecular complexity index is 760. The lowest BCUT2D eigenvalue weighted by atomic mass is 9.95. The van der Waals surface area contributed by atoms with Crippen molar-refractivity contribution in [2.75, 3.05) is 0 Å². The number of aromatic hydroxyl groups is 1. The molecule has 5 heteroatoms. The maximum atomic E-state index is 12.1. The third kappa shape index (κ3) is 3.93. The van der Waals surface area contributed by atoms with E-state index >= 15 is 0 Å². The lowest BCUT2D eigenvalue weighted by molar-refractivity contribution is -0.140. The predicted octanol–water partition coefficient (Wildman–Crippen LogP) is 3.96. The molecular weight excluding hydrogens is 332 g/mol. The topological polar surface area (TPSA) is 76.0 Å². The van der Waals surface area contributed by atoms with Crippen LogP contribution in [0.1, 0.15) is 58.1 Å². The Kier molecular flexibility index (Phi) is 5.10. The minimum Gasteiger partial charge on any atom is -0.508 e. The summed E-state index contributed by atoms with van der Waals surface area (Å²) in [4.78, 5) is 12.1. The molecule has 3 rings (SSSR count). The largest absolute Gasteiger partial charge is 0.508 e.